The van der Waals surface area contributed by atoms with Crippen LogP contribution in [-0.4, -0.2) is 22.8 Å². The lowest BCUT2D eigenvalue weighted by molar-refractivity contribution is 0.0751. The van der Waals surface area contributed by atoms with Gasteiger partial charge in [0.15, 0.2) is 5.76 Å². The number of hydrogen-bond acceptors (Lipinski definition) is 3. The molecule has 2 aromatic rings. The van der Waals surface area contributed by atoms with Crippen LogP contribution in [0.5, 0.6) is 0 Å². The lowest BCUT2D eigenvalue weighted by Gasteiger charge is -2.15. The summed E-state index contributed by atoms with van der Waals surface area (Å²) in [6.45, 7) is 2.31. The van der Waals surface area contributed by atoms with E-state index < -0.39 is 0 Å². The number of aromatic nitrogens is 1. The average Bonchev–Trinajstić information content (AvgIpc) is 2.88. The molecule has 0 fully saturated rings. The first-order valence-corrected chi connectivity index (χ1v) is 6.39. The number of carbonyl (C=O) groups is 1. The Bertz CT molecular complexity index is 552. The molecule has 2 heterocycles. The quantitative estimate of drug-likeness (QED) is 0.807. The summed E-state index contributed by atoms with van der Waals surface area (Å²) in [6, 6.07) is 7.13. The zero-order valence-corrected chi connectivity index (χ0v) is 11.6. The Morgan fingerprint density at radius 3 is 2.63 bits per heavy atom. The number of pyridine rings is 1. The smallest absolute Gasteiger partial charge is 0.289 e. The Kier molecular flexibility index (Phi) is 4.22. The molecule has 1 unspecified atom stereocenters. The number of alkyl halides is 1. The molecule has 0 aliphatic heterocycles. The fourth-order valence-electron chi connectivity index (χ4n) is 1.70. The SMILES string of the molecule is CC(Cl)c1ccc(C(=O)N(C)Cc2ccncc2)o1. The van der Waals surface area contributed by atoms with Crippen molar-refractivity contribution in [3.8, 4) is 0 Å². The van der Waals surface area contributed by atoms with Gasteiger partial charge in [0.2, 0.25) is 0 Å². The maximum absolute atomic E-state index is 12.2. The minimum Gasteiger partial charge on any atom is -0.454 e. The number of amides is 1. The van der Waals surface area contributed by atoms with Gasteiger partial charge in [0.25, 0.3) is 5.91 Å². The molecule has 100 valence electrons. The molecule has 0 spiro atoms. The zero-order chi connectivity index (χ0) is 13.8. The predicted molar refractivity (Wildman–Crippen MR) is 73.0 cm³/mol. The lowest BCUT2D eigenvalue weighted by Crippen LogP contribution is -2.25. The van der Waals surface area contributed by atoms with Crippen LogP contribution in [0.4, 0.5) is 0 Å². The molecular weight excluding hydrogens is 264 g/mol. The molecular formula is C14H15ClN2O2. The molecule has 0 saturated heterocycles. The van der Waals surface area contributed by atoms with Crippen LogP contribution in [0.3, 0.4) is 0 Å². The maximum Gasteiger partial charge on any atom is 0.289 e. The van der Waals surface area contributed by atoms with Crippen molar-refractivity contribution in [1.29, 1.82) is 0 Å². The average molecular weight is 279 g/mol. The highest BCUT2D eigenvalue weighted by molar-refractivity contribution is 6.20. The molecule has 19 heavy (non-hydrogen) atoms. The Labute approximate surface area is 117 Å². The summed E-state index contributed by atoms with van der Waals surface area (Å²) < 4.78 is 5.43. The molecule has 1 atom stereocenters. The van der Waals surface area contributed by atoms with Crippen molar-refractivity contribution in [3.63, 3.8) is 0 Å². The molecule has 0 aromatic carbocycles. The van der Waals surface area contributed by atoms with Crippen molar-refractivity contribution < 1.29 is 9.21 Å². The minimum atomic E-state index is -0.243. The van der Waals surface area contributed by atoms with Crippen LogP contribution in [-0.2, 0) is 6.54 Å². The Morgan fingerprint density at radius 1 is 1.37 bits per heavy atom. The van der Waals surface area contributed by atoms with E-state index in [1.54, 1.807) is 43.4 Å². The minimum absolute atomic E-state index is 0.166. The van der Waals surface area contributed by atoms with Crippen molar-refractivity contribution in [2.24, 2.45) is 0 Å². The second kappa shape index (κ2) is 5.89. The van der Waals surface area contributed by atoms with Crippen molar-refractivity contribution in [1.82, 2.24) is 9.88 Å². The molecule has 1 amide bonds. The van der Waals surface area contributed by atoms with Gasteiger partial charge < -0.3 is 9.32 Å². The molecule has 0 aliphatic rings. The van der Waals surface area contributed by atoms with Gasteiger partial charge in [-0.3, -0.25) is 9.78 Å². The zero-order valence-electron chi connectivity index (χ0n) is 10.8. The molecule has 2 rings (SSSR count). The fraction of sp³-hybridized carbons (Fsp3) is 0.286. The number of carbonyl (C=O) groups excluding carboxylic acids is 1. The van der Waals surface area contributed by atoms with Gasteiger partial charge in [-0.15, -0.1) is 11.6 Å². The van der Waals surface area contributed by atoms with Gasteiger partial charge in [0, 0.05) is 26.0 Å². The van der Waals surface area contributed by atoms with Crippen molar-refractivity contribution in [2.45, 2.75) is 18.8 Å². The number of rotatable bonds is 4. The highest BCUT2D eigenvalue weighted by Gasteiger charge is 2.17. The van der Waals surface area contributed by atoms with Crippen LogP contribution in [0.15, 0.2) is 41.1 Å². The monoisotopic (exact) mass is 278 g/mol. The summed E-state index contributed by atoms with van der Waals surface area (Å²) in [5.41, 5.74) is 1.02. The summed E-state index contributed by atoms with van der Waals surface area (Å²) in [5, 5.41) is -0.243. The van der Waals surface area contributed by atoms with Gasteiger partial charge >= 0.3 is 0 Å². The molecule has 0 bridgehead atoms. The Balaban J connectivity index is 2.06. The Morgan fingerprint density at radius 2 is 2.05 bits per heavy atom. The fourth-order valence-corrected chi connectivity index (χ4v) is 1.82. The van der Waals surface area contributed by atoms with E-state index in [4.69, 9.17) is 16.0 Å². The van der Waals surface area contributed by atoms with Crippen molar-refractivity contribution in [2.75, 3.05) is 7.05 Å². The first-order valence-electron chi connectivity index (χ1n) is 5.96. The topological polar surface area (TPSA) is 46.3 Å². The predicted octanol–water partition coefficient (Wildman–Crippen LogP) is 3.25. The number of hydrogen-bond donors (Lipinski definition) is 0. The Hall–Kier alpha value is -1.81. The highest BCUT2D eigenvalue weighted by atomic mass is 35.5. The van der Waals surface area contributed by atoms with E-state index in [1.807, 2.05) is 12.1 Å². The second-order valence-corrected chi connectivity index (χ2v) is 4.99. The summed E-state index contributed by atoms with van der Waals surface area (Å²) >= 11 is 5.90. The summed E-state index contributed by atoms with van der Waals surface area (Å²) in [7, 11) is 1.73. The maximum atomic E-state index is 12.2. The van der Waals surface area contributed by atoms with E-state index in [0.29, 0.717) is 18.1 Å². The van der Waals surface area contributed by atoms with Crippen molar-refractivity contribution >= 4 is 17.5 Å². The third-order valence-electron chi connectivity index (χ3n) is 2.75. The van der Waals surface area contributed by atoms with E-state index in [1.165, 1.54) is 0 Å². The first-order chi connectivity index (χ1) is 9.08. The first kappa shape index (κ1) is 13.6. The second-order valence-electron chi connectivity index (χ2n) is 4.33. The third kappa shape index (κ3) is 3.35. The van der Waals surface area contributed by atoms with Gasteiger partial charge in [-0.2, -0.15) is 0 Å². The number of furan rings is 1. The number of halogens is 1. The van der Waals surface area contributed by atoms with Crippen LogP contribution in [0.2, 0.25) is 0 Å². The van der Waals surface area contributed by atoms with E-state index in [2.05, 4.69) is 4.98 Å². The summed E-state index contributed by atoms with van der Waals surface area (Å²) in [6.07, 6.45) is 3.40. The van der Waals surface area contributed by atoms with Crippen LogP contribution in [0.1, 0.15) is 34.2 Å². The van der Waals surface area contributed by atoms with E-state index in [0.717, 1.165) is 5.56 Å². The molecule has 0 saturated carbocycles. The molecule has 4 nitrogen and oxygen atoms in total. The van der Waals surface area contributed by atoms with Crippen LogP contribution in [0.25, 0.3) is 0 Å². The summed E-state index contributed by atoms with van der Waals surface area (Å²) in [4.78, 5) is 17.7. The van der Waals surface area contributed by atoms with Gasteiger partial charge in [-0.05, 0) is 36.8 Å². The van der Waals surface area contributed by atoms with Crippen molar-refractivity contribution in [3.05, 3.63) is 53.7 Å². The standard InChI is InChI=1S/C14H15ClN2O2/c1-10(15)12-3-4-13(19-12)14(18)17(2)9-11-5-7-16-8-6-11/h3-8,10H,9H2,1-2H3. The van der Waals surface area contributed by atoms with Gasteiger partial charge in [0.1, 0.15) is 5.76 Å². The molecule has 0 N–H and O–H groups in total. The normalized spacial score (nSPS) is 12.2. The van der Waals surface area contributed by atoms with Gasteiger partial charge in [-0.1, -0.05) is 0 Å². The third-order valence-corrected chi connectivity index (χ3v) is 2.96. The molecule has 5 heteroatoms. The lowest BCUT2D eigenvalue weighted by atomic mass is 10.2. The molecule has 0 radical (unpaired) electrons. The van der Waals surface area contributed by atoms with E-state index in [9.17, 15) is 4.79 Å². The van der Waals surface area contributed by atoms with Crippen LogP contribution in [0, 0.1) is 0 Å². The molecule has 2 aromatic heterocycles. The van der Waals surface area contributed by atoms with E-state index >= 15 is 0 Å². The van der Waals surface area contributed by atoms with Gasteiger partial charge in [-0.25, -0.2) is 0 Å². The molecule has 0 aliphatic carbocycles. The largest absolute Gasteiger partial charge is 0.454 e. The van der Waals surface area contributed by atoms with Crippen LogP contribution >= 0.6 is 11.6 Å². The highest BCUT2D eigenvalue weighted by Crippen LogP contribution is 2.22. The van der Waals surface area contributed by atoms with Gasteiger partial charge in [0.05, 0.1) is 5.38 Å². The summed E-state index contributed by atoms with van der Waals surface area (Å²) in [5.74, 6) is 0.738. The van der Waals surface area contributed by atoms with Crippen LogP contribution < -0.4 is 0 Å². The van der Waals surface area contributed by atoms with E-state index in [-0.39, 0.29) is 11.3 Å². The number of nitrogens with zero attached hydrogens (tertiary/aromatic N) is 2.